The van der Waals surface area contributed by atoms with E-state index >= 15 is 0 Å². The van der Waals surface area contributed by atoms with Gasteiger partial charge in [0.1, 0.15) is 10.3 Å². The Morgan fingerprint density at radius 1 is 1.41 bits per heavy atom. The Balaban J connectivity index is 1.85. The molecule has 2 aromatic heterocycles. The summed E-state index contributed by atoms with van der Waals surface area (Å²) in [6.45, 7) is 6.42. The number of esters is 1. The van der Waals surface area contributed by atoms with Crippen molar-refractivity contribution < 1.29 is 14.3 Å². The molecular weight excluding hydrogens is 350 g/mol. The summed E-state index contributed by atoms with van der Waals surface area (Å²) in [5.41, 5.74) is 2.20. The first kappa shape index (κ1) is 15.5. The number of nitrogens with zero attached hydrogens (tertiary/aromatic N) is 3. The van der Waals surface area contributed by atoms with Gasteiger partial charge < -0.3 is 9.47 Å². The van der Waals surface area contributed by atoms with Crippen LogP contribution in [0, 0.1) is 0 Å². The van der Waals surface area contributed by atoms with E-state index in [1.54, 1.807) is 6.92 Å². The summed E-state index contributed by atoms with van der Waals surface area (Å²) in [5.74, 6) is -0.409. The molecule has 0 saturated carbocycles. The number of halogens is 1. The first-order chi connectivity index (χ1) is 10.7. The third-order valence-electron chi connectivity index (χ3n) is 3.60. The second kappa shape index (κ2) is 6.76. The smallest absolute Gasteiger partial charge is 0.359 e. The Morgan fingerprint density at radius 2 is 2.18 bits per heavy atom. The van der Waals surface area contributed by atoms with Crippen LogP contribution in [0.1, 0.15) is 23.0 Å². The van der Waals surface area contributed by atoms with Crippen molar-refractivity contribution in [1.82, 2.24) is 14.3 Å². The molecule has 0 aromatic carbocycles. The van der Waals surface area contributed by atoms with Gasteiger partial charge in [-0.1, -0.05) is 6.07 Å². The molecule has 2 aromatic rings. The molecule has 118 valence electrons. The second-order valence-electron chi connectivity index (χ2n) is 5.13. The minimum atomic E-state index is -0.409. The van der Waals surface area contributed by atoms with Gasteiger partial charge in [0.15, 0.2) is 5.69 Å². The minimum absolute atomic E-state index is 0.311. The number of ether oxygens (including phenoxy) is 2. The van der Waals surface area contributed by atoms with Crippen LogP contribution in [0.4, 0.5) is 0 Å². The summed E-state index contributed by atoms with van der Waals surface area (Å²) in [5, 5.41) is 0. The Morgan fingerprint density at radius 3 is 2.91 bits per heavy atom. The van der Waals surface area contributed by atoms with E-state index in [0.29, 0.717) is 16.9 Å². The molecule has 0 unspecified atom stereocenters. The van der Waals surface area contributed by atoms with Gasteiger partial charge >= 0.3 is 5.97 Å². The van der Waals surface area contributed by atoms with Crippen LogP contribution in [0.3, 0.4) is 0 Å². The summed E-state index contributed by atoms with van der Waals surface area (Å²) in [7, 11) is 0. The molecule has 0 bridgehead atoms. The van der Waals surface area contributed by atoms with Crippen LogP contribution in [0.5, 0.6) is 0 Å². The molecule has 7 heteroatoms. The predicted octanol–water partition coefficient (Wildman–Crippen LogP) is 2.11. The number of pyridine rings is 1. The lowest BCUT2D eigenvalue weighted by molar-refractivity contribution is 0.0341. The van der Waals surface area contributed by atoms with E-state index in [-0.39, 0.29) is 0 Å². The number of aromatic nitrogens is 2. The van der Waals surface area contributed by atoms with Gasteiger partial charge in [0.25, 0.3) is 0 Å². The van der Waals surface area contributed by atoms with Crippen molar-refractivity contribution in [3.05, 3.63) is 34.2 Å². The summed E-state index contributed by atoms with van der Waals surface area (Å²) >= 11 is 3.45. The lowest BCUT2D eigenvalue weighted by atomic mass is 10.2. The lowest BCUT2D eigenvalue weighted by Gasteiger charge is -2.26. The van der Waals surface area contributed by atoms with Crippen LogP contribution >= 0.6 is 15.9 Å². The Hall–Kier alpha value is -1.44. The van der Waals surface area contributed by atoms with Crippen molar-refractivity contribution in [3.8, 4) is 0 Å². The maximum Gasteiger partial charge on any atom is 0.359 e. The van der Waals surface area contributed by atoms with E-state index in [2.05, 4.69) is 25.8 Å². The zero-order valence-electron chi connectivity index (χ0n) is 12.4. The molecule has 1 aliphatic rings. The highest BCUT2D eigenvalue weighted by Gasteiger charge is 2.19. The van der Waals surface area contributed by atoms with Crippen LogP contribution in [0.2, 0.25) is 0 Å². The maximum atomic E-state index is 11.9. The van der Waals surface area contributed by atoms with Crippen molar-refractivity contribution in [2.45, 2.75) is 13.5 Å². The fraction of sp³-hybridized carbons (Fsp3) is 0.467. The molecule has 3 heterocycles. The average Bonchev–Trinajstić information content (AvgIpc) is 2.86. The molecular formula is C15H18BrN3O3. The lowest BCUT2D eigenvalue weighted by Crippen LogP contribution is -2.35. The summed E-state index contributed by atoms with van der Waals surface area (Å²) in [4.78, 5) is 18.6. The largest absolute Gasteiger partial charge is 0.461 e. The van der Waals surface area contributed by atoms with Gasteiger partial charge in [-0.3, -0.25) is 9.30 Å². The third-order valence-corrected chi connectivity index (χ3v) is 4.36. The van der Waals surface area contributed by atoms with E-state index in [4.69, 9.17) is 9.47 Å². The summed E-state index contributed by atoms with van der Waals surface area (Å²) in [6.07, 6.45) is 2.00. The van der Waals surface area contributed by atoms with Crippen LogP contribution in [0.25, 0.3) is 5.65 Å². The monoisotopic (exact) mass is 367 g/mol. The van der Waals surface area contributed by atoms with E-state index in [0.717, 1.165) is 38.5 Å². The Kier molecular flexibility index (Phi) is 4.75. The average molecular weight is 368 g/mol. The quantitative estimate of drug-likeness (QED) is 0.774. The molecule has 0 radical (unpaired) electrons. The summed E-state index contributed by atoms with van der Waals surface area (Å²) < 4.78 is 12.9. The van der Waals surface area contributed by atoms with Crippen molar-refractivity contribution >= 4 is 27.5 Å². The van der Waals surface area contributed by atoms with Crippen LogP contribution in [0.15, 0.2) is 22.9 Å². The molecule has 22 heavy (non-hydrogen) atoms. The number of hydrogen-bond acceptors (Lipinski definition) is 5. The molecule has 1 fully saturated rings. The molecule has 6 nitrogen and oxygen atoms in total. The van der Waals surface area contributed by atoms with Gasteiger partial charge in [0.2, 0.25) is 0 Å². The van der Waals surface area contributed by atoms with E-state index in [9.17, 15) is 4.79 Å². The molecule has 1 saturated heterocycles. The third kappa shape index (κ3) is 3.16. The number of morpholine rings is 1. The molecule has 1 aliphatic heterocycles. The number of hydrogen-bond donors (Lipinski definition) is 0. The highest BCUT2D eigenvalue weighted by atomic mass is 79.9. The maximum absolute atomic E-state index is 11.9. The van der Waals surface area contributed by atoms with Gasteiger partial charge in [-0.15, -0.1) is 0 Å². The van der Waals surface area contributed by atoms with Crippen molar-refractivity contribution in [2.75, 3.05) is 32.9 Å². The van der Waals surface area contributed by atoms with Gasteiger partial charge in [0, 0.05) is 25.8 Å². The second-order valence-corrected chi connectivity index (χ2v) is 5.88. The molecule has 0 amide bonds. The van der Waals surface area contributed by atoms with Crippen molar-refractivity contribution in [2.24, 2.45) is 0 Å². The van der Waals surface area contributed by atoms with Crippen LogP contribution in [-0.4, -0.2) is 53.2 Å². The van der Waals surface area contributed by atoms with Gasteiger partial charge in [-0.2, -0.15) is 0 Å². The molecule has 0 aliphatic carbocycles. The van der Waals surface area contributed by atoms with Crippen molar-refractivity contribution in [3.63, 3.8) is 0 Å². The minimum Gasteiger partial charge on any atom is -0.461 e. The van der Waals surface area contributed by atoms with Crippen LogP contribution < -0.4 is 0 Å². The number of carbonyl (C=O) groups excluding carboxylic acids is 1. The molecule has 0 spiro atoms. The number of imidazole rings is 1. The highest BCUT2D eigenvalue weighted by molar-refractivity contribution is 9.10. The zero-order chi connectivity index (χ0) is 15.5. The van der Waals surface area contributed by atoms with E-state index in [1.165, 1.54) is 5.56 Å². The van der Waals surface area contributed by atoms with Gasteiger partial charge in [0.05, 0.1) is 19.8 Å². The van der Waals surface area contributed by atoms with Gasteiger partial charge in [-0.05, 0) is 34.5 Å². The van der Waals surface area contributed by atoms with Crippen molar-refractivity contribution in [1.29, 1.82) is 0 Å². The molecule has 3 rings (SSSR count). The standard InChI is InChI=1S/C15H18BrN3O3/c1-2-22-15(20)13-14(16)19-10-11(3-4-12(19)17-13)9-18-5-7-21-8-6-18/h3-4,10H,2,5-9H2,1H3. The number of rotatable bonds is 4. The Labute approximate surface area is 137 Å². The number of carbonyl (C=O) groups is 1. The normalized spacial score (nSPS) is 16.1. The highest BCUT2D eigenvalue weighted by Crippen LogP contribution is 2.21. The van der Waals surface area contributed by atoms with Crippen LogP contribution in [-0.2, 0) is 16.0 Å². The van der Waals surface area contributed by atoms with Gasteiger partial charge in [-0.25, -0.2) is 9.78 Å². The fourth-order valence-electron chi connectivity index (χ4n) is 2.50. The summed E-state index contributed by atoms with van der Waals surface area (Å²) in [6, 6.07) is 3.96. The SMILES string of the molecule is CCOC(=O)c1nc2ccc(CN3CCOCC3)cn2c1Br. The van der Waals surface area contributed by atoms with E-state index < -0.39 is 5.97 Å². The van der Waals surface area contributed by atoms with E-state index in [1.807, 2.05) is 22.7 Å². The first-order valence-electron chi connectivity index (χ1n) is 7.32. The molecule has 0 atom stereocenters. The topological polar surface area (TPSA) is 56.1 Å². The molecule has 0 N–H and O–H groups in total. The Bertz CT molecular complexity index is 680. The number of fused-ring (bicyclic) bond motifs is 1. The first-order valence-corrected chi connectivity index (χ1v) is 8.12. The zero-order valence-corrected chi connectivity index (χ0v) is 14.0. The predicted molar refractivity (Wildman–Crippen MR) is 84.9 cm³/mol. The fourth-order valence-corrected chi connectivity index (χ4v) is 3.03.